The molecule has 1 aliphatic rings. The van der Waals surface area contributed by atoms with Gasteiger partial charge in [0.15, 0.2) is 0 Å². The fourth-order valence-corrected chi connectivity index (χ4v) is 4.38. The van der Waals surface area contributed by atoms with Crippen molar-refractivity contribution in [3.05, 3.63) is 113 Å². The van der Waals surface area contributed by atoms with Crippen LogP contribution in [0.2, 0.25) is 0 Å². The molecule has 0 aromatic heterocycles. The largest absolute Gasteiger partial charge is 0.484 e. The SMILES string of the molecule is C=CC(C)(C)Oc1ccc(CCN(C/N=C(\ON=C)c2cccc(C)c2)Cc2ccc(C(N)=NC(=O)C3CC3)cc2)cc1.CO. The first-order chi connectivity index (χ1) is 21.7. The molecule has 45 heavy (non-hydrogen) atoms. The highest BCUT2D eigenvalue weighted by molar-refractivity contribution is 6.04. The van der Waals surface area contributed by atoms with E-state index in [1.807, 2.05) is 81.4 Å². The van der Waals surface area contributed by atoms with E-state index in [1.165, 1.54) is 5.56 Å². The van der Waals surface area contributed by atoms with Gasteiger partial charge in [0, 0.05) is 44.0 Å². The number of amidine groups is 1. The summed E-state index contributed by atoms with van der Waals surface area (Å²) in [6.07, 6.45) is 4.40. The number of hydrogen-bond donors (Lipinski definition) is 2. The first-order valence-corrected chi connectivity index (χ1v) is 15.0. The lowest BCUT2D eigenvalue weighted by molar-refractivity contribution is -0.118. The molecule has 0 bridgehead atoms. The lowest BCUT2D eigenvalue weighted by Gasteiger charge is -2.23. The van der Waals surface area contributed by atoms with Gasteiger partial charge in [-0.3, -0.25) is 9.69 Å². The second-order valence-corrected chi connectivity index (χ2v) is 11.4. The van der Waals surface area contributed by atoms with Crippen LogP contribution in [-0.4, -0.2) is 60.3 Å². The predicted octanol–water partition coefficient (Wildman–Crippen LogP) is 5.67. The predicted molar refractivity (Wildman–Crippen MR) is 182 cm³/mol. The maximum atomic E-state index is 12.1. The fraction of sp³-hybridized carbons (Fsp3) is 0.333. The number of rotatable bonds is 14. The number of carbonyl (C=O) groups is 1. The number of amides is 1. The molecular weight excluding hydrogens is 566 g/mol. The number of oxime groups is 1. The number of nitrogens with two attached hydrogens (primary N) is 1. The van der Waals surface area contributed by atoms with Gasteiger partial charge in [0.05, 0.1) is 6.67 Å². The summed E-state index contributed by atoms with van der Waals surface area (Å²) in [6, 6.07) is 23.9. The molecule has 0 saturated heterocycles. The maximum Gasteiger partial charge on any atom is 0.252 e. The second kappa shape index (κ2) is 17.0. The molecule has 0 atom stereocenters. The van der Waals surface area contributed by atoms with Gasteiger partial charge in [-0.05, 0) is 81.5 Å². The highest BCUT2D eigenvalue weighted by Gasteiger charge is 2.29. The quantitative estimate of drug-likeness (QED) is 0.105. The van der Waals surface area contributed by atoms with E-state index in [0.717, 1.165) is 60.9 Å². The van der Waals surface area contributed by atoms with Crippen molar-refractivity contribution in [1.29, 1.82) is 0 Å². The molecule has 9 heteroatoms. The van der Waals surface area contributed by atoms with Crippen LogP contribution in [-0.2, 0) is 22.6 Å². The summed E-state index contributed by atoms with van der Waals surface area (Å²) < 4.78 is 6.00. The summed E-state index contributed by atoms with van der Waals surface area (Å²) in [6.45, 7) is 15.1. The molecule has 0 unspecified atom stereocenters. The zero-order valence-corrected chi connectivity index (χ0v) is 26.8. The van der Waals surface area contributed by atoms with Gasteiger partial charge in [0.25, 0.3) is 11.8 Å². The van der Waals surface area contributed by atoms with Crippen LogP contribution in [0.5, 0.6) is 5.75 Å². The van der Waals surface area contributed by atoms with E-state index in [-0.39, 0.29) is 17.7 Å². The second-order valence-electron chi connectivity index (χ2n) is 11.4. The van der Waals surface area contributed by atoms with Gasteiger partial charge >= 0.3 is 0 Å². The lowest BCUT2D eigenvalue weighted by atomic mass is 10.1. The highest BCUT2D eigenvalue weighted by atomic mass is 16.6. The Kier molecular flexibility index (Phi) is 13.2. The van der Waals surface area contributed by atoms with Crippen molar-refractivity contribution in [3.8, 4) is 5.75 Å². The minimum atomic E-state index is -0.438. The van der Waals surface area contributed by atoms with Crippen LogP contribution in [0.4, 0.5) is 0 Å². The van der Waals surface area contributed by atoms with Crippen molar-refractivity contribution >= 4 is 24.4 Å². The van der Waals surface area contributed by atoms with E-state index in [2.05, 4.69) is 40.5 Å². The Balaban J connectivity index is 0.00000271. The number of aliphatic hydroxyl groups excluding tert-OH is 1. The van der Waals surface area contributed by atoms with E-state index >= 15 is 0 Å². The third kappa shape index (κ3) is 11.4. The molecule has 0 radical (unpaired) electrons. The van der Waals surface area contributed by atoms with Crippen molar-refractivity contribution in [2.24, 2.45) is 26.8 Å². The standard InChI is InChI=1S/C35H41N5O3.CH4O/c1-6-35(3,4)42-31-18-12-26(13-19-31)20-21-40(24-38-34(43-37-5)30-9-7-8-25(2)22-30)23-27-10-14-28(15-11-27)32(36)39-33(41)29-16-17-29;1-2/h6-15,18-19,22,29H,1,5,16-17,20-21,23-24H2,2-4H3,(H2,36,39,41);2H,1H3/b38-34-;. The van der Waals surface area contributed by atoms with Gasteiger partial charge in [-0.2, -0.15) is 4.99 Å². The van der Waals surface area contributed by atoms with Gasteiger partial charge < -0.3 is 20.4 Å². The highest BCUT2D eigenvalue weighted by Crippen LogP contribution is 2.30. The summed E-state index contributed by atoms with van der Waals surface area (Å²) >= 11 is 0. The number of aliphatic hydroxyl groups is 1. The molecule has 0 heterocycles. The number of aryl methyl sites for hydroxylation is 1. The number of hydrogen-bond acceptors (Lipinski definition) is 7. The Morgan fingerprint density at radius 2 is 1.71 bits per heavy atom. The zero-order valence-electron chi connectivity index (χ0n) is 26.8. The monoisotopic (exact) mass is 611 g/mol. The van der Waals surface area contributed by atoms with Gasteiger partial charge in [-0.15, -0.1) is 0 Å². The number of aliphatic imine (C=N–C) groups is 2. The average molecular weight is 612 g/mol. The first-order valence-electron chi connectivity index (χ1n) is 15.0. The van der Waals surface area contributed by atoms with Crippen molar-refractivity contribution in [3.63, 3.8) is 0 Å². The van der Waals surface area contributed by atoms with Crippen LogP contribution in [0, 0.1) is 12.8 Å². The van der Waals surface area contributed by atoms with Crippen LogP contribution in [0.25, 0.3) is 0 Å². The third-order valence-electron chi connectivity index (χ3n) is 7.16. The molecule has 9 nitrogen and oxygen atoms in total. The number of nitrogens with zero attached hydrogens (tertiary/aromatic N) is 4. The molecule has 1 fully saturated rings. The normalized spacial score (nSPS) is 13.5. The molecule has 0 spiro atoms. The lowest BCUT2D eigenvalue weighted by Crippen LogP contribution is -2.27. The molecular formula is C36H45N5O4. The van der Waals surface area contributed by atoms with Crippen LogP contribution in [0.3, 0.4) is 0 Å². The zero-order chi connectivity index (χ0) is 32.8. The van der Waals surface area contributed by atoms with Crippen molar-refractivity contribution in [2.45, 2.75) is 52.2 Å². The summed E-state index contributed by atoms with van der Waals surface area (Å²) in [5.74, 6) is 1.38. The molecule has 1 amide bonds. The summed E-state index contributed by atoms with van der Waals surface area (Å²) in [7, 11) is 1.00. The average Bonchev–Trinajstić information content (AvgIpc) is 3.89. The summed E-state index contributed by atoms with van der Waals surface area (Å²) in [5, 5.41) is 10.6. The van der Waals surface area contributed by atoms with Crippen LogP contribution >= 0.6 is 0 Å². The Morgan fingerprint density at radius 3 is 2.31 bits per heavy atom. The summed E-state index contributed by atoms with van der Waals surface area (Å²) in [5.41, 5.74) is 10.6. The van der Waals surface area contributed by atoms with E-state index < -0.39 is 5.60 Å². The molecule has 1 saturated carbocycles. The van der Waals surface area contributed by atoms with Crippen molar-refractivity contribution in [1.82, 2.24) is 4.90 Å². The molecule has 4 rings (SSSR count). The van der Waals surface area contributed by atoms with Gasteiger partial charge in [-0.1, -0.05) is 65.8 Å². The molecule has 1 aliphatic carbocycles. The number of benzene rings is 3. The molecule has 3 aromatic carbocycles. The summed E-state index contributed by atoms with van der Waals surface area (Å²) in [4.78, 5) is 28.6. The minimum absolute atomic E-state index is 0.0413. The Morgan fingerprint density at radius 1 is 1.04 bits per heavy atom. The molecule has 0 aliphatic heterocycles. The topological polar surface area (TPSA) is 122 Å². The van der Waals surface area contributed by atoms with Gasteiger partial charge in [0.1, 0.15) is 17.2 Å². The first kappa shape index (κ1) is 34.9. The Labute approximate surface area is 266 Å². The smallest absolute Gasteiger partial charge is 0.252 e. The van der Waals surface area contributed by atoms with Crippen molar-refractivity contribution < 1.29 is 19.5 Å². The van der Waals surface area contributed by atoms with E-state index in [0.29, 0.717) is 19.1 Å². The number of ether oxygens (including phenoxy) is 1. The third-order valence-corrected chi connectivity index (χ3v) is 7.16. The Hall–Kier alpha value is -4.60. The van der Waals surface area contributed by atoms with Crippen molar-refractivity contribution in [2.75, 3.05) is 20.3 Å². The van der Waals surface area contributed by atoms with Crippen LogP contribution in [0.1, 0.15) is 54.5 Å². The Bertz CT molecular complexity index is 1480. The van der Waals surface area contributed by atoms with Gasteiger partial charge in [0.2, 0.25) is 0 Å². The van der Waals surface area contributed by atoms with E-state index in [4.69, 9.17) is 25.4 Å². The number of carbonyl (C=O) groups excluding carboxylic acids is 1. The van der Waals surface area contributed by atoms with E-state index in [1.54, 1.807) is 6.08 Å². The fourth-order valence-electron chi connectivity index (χ4n) is 4.38. The molecule has 3 aromatic rings. The van der Waals surface area contributed by atoms with Crippen LogP contribution < -0.4 is 10.5 Å². The maximum absolute atomic E-state index is 12.1. The van der Waals surface area contributed by atoms with Gasteiger partial charge in [-0.25, -0.2) is 4.99 Å². The molecule has 3 N–H and O–H groups in total. The van der Waals surface area contributed by atoms with E-state index in [9.17, 15) is 4.79 Å². The molecule has 238 valence electrons. The minimum Gasteiger partial charge on any atom is -0.484 e. The van der Waals surface area contributed by atoms with Crippen LogP contribution in [0.15, 0.2) is 101 Å².